The first-order valence-electron chi connectivity index (χ1n) is 11.9. The van der Waals surface area contributed by atoms with Gasteiger partial charge < -0.3 is 14.5 Å². The highest BCUT2D eigenvalue weighted by molar-refractivity contribution is 6.04. The molecular weight excluding hydrogens is 416 g/mol. The molecule has 2 amide bonds. The van der Waals surface area contributed by atoms with Crippen LogP contribution in [0.1, 0.15) is 53.0 Å². The van der Waals surface area contributed by atoms with Gasteiger partial charge in [-0.1, -0.05) is 30.3 Å². The zero-order valence-electron chi connectivity index (χ0n) is 18.8. The van der Waals surface area contributed by atoms with E-state index < -0.39 is 0 Å². The Bertz CT molecular complexity index is 1140. The van der Waals surface area contributed by atoms with Crippen LogP contribution in [0.5, 0.6) is 5.75 Å². The quantitative estimate of drug-likeness (QED) is 0.640. The van der Waals surface area contributed by atoms with E-state index in [0.29, 0.717) is 30.2 Å². The van der Waals surface area contributed by atoms with Crippen molar-refractivity contribution < 1.29 is 14.3 Å². The van der Waals surface area contributed by atoms with Crippen molar-refractivity contribution in [1.29, 1.82) is 0 Å². The molecule has 0 aliphatic carbocycles. The van der Waals surface area contributed by atoms with E-state index in [4.69, 9.17) is 4.74 Å². The molecule has 2 aliphatic rings. The number of carbonyl (C=O) groups is 2. The number of hydrogen-bond acceptors (Lipinski definition) is 4. The topological polar surface area (TPSA) is 78.5 Å². The van der Waals surface area contributed by atoms with E-state index in [0.717, 1.165) is 56.2 Å². The number of hydrogen-bond donors (Lipinski definition) is 1. The van der Waals surface area contributed by atoms with Crippen molar-refractivity contribution in [3.8, 4) is 5.75 Å². The Morgan fingerprint density at radius 2 is 1.67 bits per heavy atom. The lowest BCUT2D eigenvalue weighted by atomic mass is 9.98. The molecule has 7 nitrogen and oxygen atoms in total. The second kappa shape index (κ2) is 9.65. The molecule has 2 fully saturated rings. The number of benzene rings is 2. The summed E-state index contributed by atoms with van der Waals surface area (Å²) in [6, 6.07) is 15.2. The average molecular weight is 447 g/mol. The Morgan fingerprint density at radius 3 is 2.55 bits per heavy atom. The number of carbonyl (C=O) groups excluding carboxylic acids is 2. The number of aromatic nitrogens is 2. The van der Waals surface area contributed by atoms with Crippen molar-refractivity contribution in [3.05, 3.63) is 59.8 Å². The van der Waals surface area contributed by atoms with Crippen molar-refractivity contribution in [3.63, 3.8) is 0 Å². The number of fused-ring (bicyclic) bond motifs is 1. The van der Waals surface area contributed by atoms with Crippen molar-refractivity contribution in [2.75, 3.05) is 32.8 Å². The number of likely N-dealkylation sites (tertiary alicyclic amines) is 2. The van der Waals surface area contributed by atoms with Gasteiger partial charge >= 0.3 is 0 Å². The lowest BCUT2D eigenvalue weighted by Gasteiger charge is -2.32. The van der Waals surface area contributed by atoms with Gasteiger partial charge in [-0.05, 0) is 50.3 Å². The third-order valence-corrected chi connectivity index (χ3v) is 6.71. The van der Waals surface area contributed by atoms with Crippen LogP contribution in [-0.2, 0) is 0 Å². The van der Waals surface area contributed by atoms with Gasteiger partial charge in [0.15, 0.2) is 5.69 Å². The molecule has 2 saturated heterocycles. The minimum absolute atomic E-state index is 0.0437. The van der Waals surface area contributed by atoms with Crippen molar-refractivity contribution >= 4 is 22.7 Å². The lowest BCUT2D eigenvalue weighted by Crippen LogP contribution is -2.42. The minimum atomic E-state index is -0.0437. The largest absolute Gasteiger partial charge is 0.492 e. The maximum Gasteiger partial charge on any atom is 0.275 e. The molecule has 0 spiro atoms. The summed E-state index contributed by atoms with van der Waals surface area (Å²) in [5.74, 6) is 0.856. The first-order valence-corrected chi connectivity index (χ1v) is 11.9. The maximum atomic E-state index is 13.2. The van der Waals surface area contributed by atoms with E-state index in [1.165, 1.54) is 6.42 Å². The normalized spacial score (nSPS) is 19.0. The number of nitrogens with zero attached hydrogens (tertiary/aromatic N) is 3. The molecule has 5 rings (SSSR count). The highest BCUT2D eigenvalue weighted by atomic mass is 16.5. The molecule has 33 heavy (non-hydrogen) atoms. The van der Waals surface area contributed by atoms with Crippen LogP contribution < -0.4 is 4.74 Å². The Labute approximate surface area is 193 Å². The van der Waals surface area contributed by atoms with Crippen LogP contribution in [0, 0.1) is 5.92 Å². The molecule has 1 N–H and O–H groups in total. The molecule has 3 aromatic rings. The number of nitrogens with one attached hydrogen (secondary N) is 1. The van der Waals surface area contributed by atoms with Crippen LogP contribution in [0.4, 0.5) is 0 Å². The number of ether oxygens (including phenoxy) is 1. The fourth-order valence-electron chi connectivity index (χ4n) is 4.91. The van der Waals surface area contributed by atoms with Crippen LogP contribution in [-0.4, -0.2) is 64.6 Å². The van der Waals surface area contributed by atoms with E-state index in [9.17, 15) is 9.59 Å². The number of amides is 2. The molecule has 2 aromatic carbocycles. The first kappa shape index (κ1) is 21.5. The van der Waals surface area contributed by atoms with Gasteiger partial charge in [-0.25, -0.2) is 0 Å². The molecule has 1 unspecified atom stereocenters. The Kier molecular flexibility index (Phi) is 6.28. The van der Waals surface area contributed by atoms with E-state index in [1.54, 1.807) is 0 Å². The van der Waals surface area contributed by atoms with Crippen molar-refractivity contribution in [1.82, 2.24) is 20.0 Å². The summed E-state index contributed by atoms with van der Waals surface area (Å²) in [4.78, 5) is 30.0. The minimum Gasteiger partial charge on any atom is -0.492 e. The molecule has 0 bridgehead atoms. The average Bonchev–Trinajstić information content (AvgIpc) is 3.32. The summed E-state index contributed by atoms with van der Waals surface area (Å²) in [5, 5.41) is 8.08. The number of para-hydroxylation sites is 2. The zero-order valence-corrected chi connectivity index (χ0v) is 18.8. The number of H-pyrrole nitrogens is 1. The molecule has 1 aromatic heterocycles. The number of aromatic amines is 1. The number of rotatable bonds is 5. The van der Waals surface area contributed by atoms with E-state index in [-0.39, 0.29) is 17.7 Å². The highest BCUT2D eigenvalue weighted by Gasteiger charge is 2.28. The predicted octanol–water partition coefficient (Wildman–Crippen LogP) is 4.12. The third-order valence-electron chi connectivity index (χ3n) is 6.71. The van der Waals surface area contributed by atoms with Gasteiger partial charge in [-0.3, -0.25) is 14.7 Å². The van der Waals surface area contributed by atoms with Crippen LogP contribution >= 0.6 is 0 Å². The number of piperidine rings is 2. The molecule has 1 atom stereocenters. The van der Waals surface area contributed by atoms with Crippen LogP contribution in [0.25, 0.3) is 10.9 Å². The smallest absolute Gasteiger partial charge is 0.275 e. The Morgan fingerprint density at radius 1 is 0.909 bits per heavy atom. The van der Waals surface area contributed by atoms with Crippen LogP contribution in [0.3, 0.4) is 0 Å². The molecular formula is C26H30N4O3. The SMILES string of the molecule is O=C(c1ccccc1OCC1CCCN(C(=O)c2n[nH]c3ccccc23)C1)N1CCCCC1. The molecule has 0 radical (unpaired) electrons. The first-order chi connectivity index (χ1) is 16.2. The molecule has 3 heterocycles. The predicted molar refractivity (Wildman–Crippen MR) is 126 cm³/mol. The summed E-state index contributed by atoms with van der Waals surface area (Å²) in [6.07, 6.45) is 5.23. The van der Waals surface area contributed by atoms with Gasteiger partial charge in [0, 0.05) is 37.5 Å². The fourth-order valence-corrected chi connectivity index (χ4v) is 4.91. The maximum absolute atomic E-state index is 13.2. The zero-order chi connectivity index (χ0) is 22.6. The van der Waals surface area contributed by atoms with E-state index in [2.05, 4.69) is 10.2 Å². The second-order valence-electron chi connectivity index (χ2n) is 9.04. The monoisotopic (exact) mass is 446 g/mol. The Hall–Kier alpha value is -3.35. The van der Waals surface area contributed by atoms with Crippen LogP contribution in [0.15, 0.2) is 48.5 Å². The van der Waals surface area contributed by atoms with Crippen LogP contribution in [0.2, 0.25) is 0 Å². The van der Waals surface area contributed by atoms with Gasteiger partial charge in [-0.15, -0.1) is 0 Å². The van der Waals surface area contributed by atoms with Crippen molar-refractivity contribution in [2.45, 2.75) is 32.1 Å². The molecule has 172 valence electrons. The molecule has 2 aliphatic heterocycles. The lowest BCUT2D eigenvalue weighted by molar-refractivity contribution is 0.0627. The van der Waals surface area contributed by atoms with E-state index >= 15 is 0 Å². The molecule has 0 saturated carbocycles. The van der Waals surface area contributed by atoms with Gasteiger partial charge in [0.25, 0.3) is 11.8 Å². The summed E-state index contributed by atoms with van der Waals surface area (Å²) in [6.45, 7) is 3.46. The third kappa shape index (κ3) is 4.58. The summed E-state index contributed by atoms with van der Waals surface area (Å²) < 4.78 is 6.17. The van der Waals surface area contributed by atoms with Gasteiger partial charge in [0.1, 0.15) is 5.75 Å². The van der Waals surface area contributed by atoms with Gasteiger partial charge in [0.05, 0.1) is 17.7 Å². The van der Waals surface area contributed by atoms with Gasteiger partial charge in [0.2, 0.25) is 0 Å². The van der Waals surface area contributed by atoms with E-state index in [1.807, 2.05) is 58.3 Å². The molecule has 7 heteroatoms. The summed E-state index contributed by atoms with van der Waals surface area (Å²) >= 11 is 0. The second-order valence-corrected chi connectivity index (χ2v) is 9.04. The highest BCUT2D eigenvalue weighted by Crippen LogP contribution is 2.25. The summed E-state index contributed by atoms with van der Waals surface area (Å²) in [5.41, 5.74) is 1.98. The standard InChI is InChI=1S/C26H30N4O3/c31-25(29-14-6-1-7-15-29)21-11-3-5-13-23(21)33-18-19-9-8-16-30(17-19)26(32)24-20-10-2-4-12-22(20)27-28-24/h2-5,10-13,19H,1,6-9,14-18H2,(H,27,28). The Balaban J connectivity index is 1.24. The summed E-state index contributed by atoms with van der Waals surface area (Å²) in [7, 11) is 0. The van der Waals surface area contributed by atoms with Gasteiger partial charge in [-0.2, -0.15) is 5.10 Å². The fraction of sp³-hybridized carbons (Fsp3) is 0.423. The van der Waals surface area contributed by atoms with Crippen molar-refractivity contribution in [2.24, 2.45) is 5.92 Å².